The molecule has 3 aromatic carbocycles. The Labute approximate surface area is 120 Å². The summed E-state index contributed by atoms with van der Waals surface area (Å²) >= 11 is 0. The summed E-state index contributed by atoms with van der Waals surface area (Å²) in [5, 5.41) is 5.10. The van der Waals surface area contributed by atoms with Crippen molar-refractivity contribution >= 4 is 21.5 Å². The van der Waals surface area contributed by atoms with E-state index in [0.29, 0.717) is 0 Å². The van der Waals surface area contributed by atoms with Crippen molar-refractivity contribution in [2.24, 2.45) is 0 Å². The molecule has 0 aliphatic rings. The summed E-state index contributed by atoms with van der Waals surface area (Å²) in [7, 11) is 0. The van der Waals surface area contributed by atoms with E-state index >= 15 is 0 Å². The summed E-state index contributed by atoms with van der Waals surface area (Å²) < 4.78 is 0. The second-order valence-electron chi connectivity index (χ2n) is 5.13. The highest BCUT2D eigenvalue weighted by Crippen LogP contribution is 2.25. The van der Waals surface area contributed by atoms with Crippen molar-refractivity contribution in [3.63, 3.8) is 0 Å². The fourth-order valence-electron chi connectivity index (χ4n) is 2.50. The average Bonchev–Trinajstić information content (AvgIpc) is 2.50. The lowest BCUT2D eigenvalue weighted by atomic mass is 10.00. The van der Waals surface area contributed by atoms with Crippen molar-refractivity contribution < 1.29 is 0 Å². The van der Waals surface area contributed by atoms with Gasteiger partial charge in [-0.25, -0.2) is 0 Å². The SMILES string of the molecule is CCCCC#Cc1cccc2cc3ccccc3cc12. The van der Waals surface area contributed by atoms with Gasteiger partial charge < -0.3 is 0 Å². The molecule has 0 unspecified atom stereocenters. The second kappa shape index (κ2) is 5.80. The van der Waals surface area contributed by atoms with E-state index in [-0.39, 0.29) is 0 Å². The fourth-order valence-corrected chi connectivity index (χ4v) is 2.50. The van der Waals surface area contributed by atoms with Crippen molar-refractivity contribution in [2.75, 3.05) is 0 Å². The van der Waals surface area contributed by atoms with Gasteiger partial charge in [-0.05, 0) is 46.2 Å². The summed E-state index contributed by atoms with van der Waals surface area (Å²) in [6.07, 6.45) is 3.37. The lowest BCUT2D eigenvalue weighted by molar-refractivity contribution is 0.828. The molecular weight excluding hydrogens is 240 g/mol. The van der Waals surface area contributed by atoms with Gasteiger partial charge in [0.2, 0.25) is 0 Å². The largest absolute Gasteiger partial charge is 0.0979 e. The van der Waals surface area contributed by atoms with Crippen LogP contribution in [0.1, 0.15) is 31.7 Å². The third kappa shape index (κ3) is 2.53. The van der Waals surface area contributed by atoms with Gasteiger partial charge >= 0.3 is 0 Å². The molecule has 0 aliphatic carbocycles. The highest BCUT2D eigenvalue weighted by molar-refractivity contribution is 6.00. The normalized spacial score (nSPS) is 10.4. The van der Waals surface area contributed by atoms with Gasteiger partial charge in [0.05, 0.1) is 0 Å². The van der Waals surface area contributed by atoms with Crippen LogP contribution >= 0.6 is 0 Å². The molecule has 0 N–H and O–H groups in total. The van der Waals surface area contributed by atoms with Gasteiger partial charge in [0.25, 0.3) is 0 Å². The first kappa shape index (κ1) is 12.8. The highest BCUT2D eigenvalue weighted by atomic mass is 14.0. The minimum Gasteiger partial charge on any atom is -0.0979 e. The van der Waals surface area contributed by atoms with Crippen molar-refractivity contribution in [1.29, 1.82) is 0 Å². The minimum atomic E-state index is 0.987. The second-order valence-corrected chi connectivity index (χ2v) is 5.13. The first-order valence-corrected chi connectivity index (χ1v) is 7.29. The molecule has 0 amide bonds. The first-order chi connectivity index (χ1) is 9.88. The topological polar surface area (TPSA) is 0 Å². The maximum Gasteiger partial charge on any atom is 0.0323 e. The molecule has 0 aliphatic heterocycles. The van der Waals surface area contributed by atoms with Crippen LogP contribution in [0.3, 0.4) is 0 Å². The molecule has 0 fully saturated rings. The monoisotopic (exact) mass is 258 g/mol. The van der Waals surface area contributed by atoms with Crippen LogP contribution in [-0.2, 0) is 0 Å². The molecule has 0 atom stereocenters. The molecule has 3 aromatic rings. The van der Waals surface area contributed by atoms with Gasteiger partial charge in [0.1, 0.15) is 0 Å². The zero-order valence-corrected chi connectivity index (χ0v) is 11.8. The molecule has 0 spiro atoms. The Hall–Kier alpha value is -2.26. The standard InChI is InChI=1S/C20H18/c1-2-3-4-5-9-16-12-8-13-19-14-17-10-6-7-11-18(17)15-20(16)19/h6-8,10-15H,2-4H2,1H3. The predicted octanol–water partition coefficient (Wildman–Crippen LogP) is 5.53. The van der Waals surface area contributed by atoms with Crippen LogP contribution in [0.4, 0.5) is 0 Å². The van der Waals surface area contributed by atoms with E-state index in [1.165, 1.54) is 34.4 Å². The molecular formula is C20H18. The number of hydrogen-bond acceptors (Lipinski definition) is 0. The smallest absolute Gasteiger partial charge is 0.0323 e. The summed E-state index contributed by atoms with van der Waals surface area (Å²) in [4.78, 5) is 0. The van der Waals surface area contributed by atoms with Gasteiger partial charge in [0, 0.05) is 12.0 Å². The Bertz CT molecular complexity index is 800. The molecule has 20 heavy (non-hydrogen) atoms. The van der Waals surface area contributed by atoms with Crippen LogP contribution in [0.2, 0.25) is 0 Å². The van der Waals surface area contributed by atoms with Crippen molar-refractivity contribution in [2.45, 2.75) is 26.2 Å². The van der Waals surface area contributed by atoms with Crippen LogP contribution in [0, 0.1) is 11.8 Å². The van der Waals surface area contributed by atoms with Gasteiger partial charge in [-0.2, -0.15) is 0 Å². The molecule has 0 nitrogen and oxygen atoms in total. The number of rotatable bonds is 2. The maximum absolute atomic E-state index is 3.34. The first-order valence-electron chi connectivity index (χ1n) is 7.29. The molecule has 0 heterocycles. The third-order valence-corrected chi connectivity index (χ3v) is 3.63. The van der Waals surface area contributed by atoms with E-state index in [1.807, 2.05) is 0 Å². The predicted molar refractivity (Wildman–Crippen MR) is 87.9 cm³/mol. The Morgan fingerprint density at radius 3 is 2.40 bits per heavy atom. The zero-order valence-electron chi connectivity index (χ0n) is 11.8. The van der Waals surface area contributed by atoms with Crippen LogP contribution < -0.4 is 0 Å². The van der Waals surface area contributed by atoms with Crippen LogP contribution in [0.15, 0.2) is 54.6 Å². The molecule has 0 saturated heterocycles. The Morgan fingerprint density at radius 2 is 1.60 bits per heavy atom. The third-order valence-electron chi connectivity index (χ3n) is 3.63. The number of fused-ring (bicyclic) bond motifs is 2. The van der Waals surface area contributed by atoms with E-state index in [2.05, 4.69) is 73.4 Å². The maximum atomic E-state index is 3.34. The van der Waals surface area contributed by atoms with E-state index < -0.39 is 0 Å². The lowest BCUT2D eigenvalue weighted by Crippen LogP contribution is -1.81. The van der Waals surface area contributed by atoms with Crippen LogP contribution in [0.5, 0.6) is 0 Å². The number of unbranched alkanes of at least 4 members (excludes halogenated alkanes) is 2. The lowest BCUT2D eigenvalue weighted by Gasteiger charge is -2.04. The molecule has 0 aromatic heterocycles. The van der Waals surface area contributed by atoms with Crippen molar-refractivity contribution in [3.05, 3.63) is 60.2 Å². The summed E-state index contributed by atoms with van der Waals surface area (Å²) in [5.41, 5.74) is 1.14. The highest BCUT2D eigenvalue weighted by Gasteiger charge is 2.00. The average molecular weight is 258 g/mol. The van der Waals surface area contributed by atoms with Crippen molar-refractivity contribution in [3.8, 4) is 11.8 Å². The molecule has 0 bridgehead atoms. The summed E-state index contributed by atoms with van der Waals surface area (Å²) in [6.45, 7) is 2.20. The fraction of sp³-hybridized carbons (Fsp3) is 0.200. The van der Waals surface area contributed by atoms with Gasteiger partial charge in [0.15, 0.2) is 0 Å². The van der Waals surface area contributed by atoms with Gasteiger partial charge in [-0.3, -0.25) is 0 Å². The van der Waals surface area contributed by atoms with E-state index in [9.17, 15) is 0 Å². The molecule has 0 saturated carbocycles. The van der Waals surface area contributed by atoms with E-state index in [0.717, 1.165) is 12.0 Å². The van der Waals surface area contributed by atoms with E-state index in [4.69, 9.17) is 0 Å². The molecule has 0 heteroatoms. The van der Waals surface area contributed by atoms with Crippen LogP contribution in [0.25, 0.3) is 21.5 Å². The number of benzene rings is 3. The molecule has 98 valence electrons. The van der Waals surface area contributed by atoms with Gasteiger partial charge in [-0.1, -0.05) is 61.6 Å². The summed E-state index contributed by atoms with van der Waals surface area (Å²) in [6, 6.07) is 19.4. The Morgan fingerprint density at radius 1 is 0.850 bits per heavy atom. The zero-order chi connectivity index (χ0) is 13.8. The molecule has 0 radical (unpaired) electrons. The van der Waals surface area contributed by atoms with E-state index in [1.54, 1.807) is 0 Å². The number of hydrogen-bond donors (Lipinski definition) is 0. The van der Waals surface area contributed by atoms with Gasteiger partial charge in [-0.15, -0.1) is 0 Å². The Kier molecular flexibility index (Phi) is 3.70. The van der Waals surface area contributed by atoms with Crippen molar-refractivity contribution in [1.82, 2.24) is 0 Å². The van der Waals surface area contributed by atoms with Crippen LogP contribution in [-0.4, -0.2) is 0 Å². The minimum absolute atomic E-state index is 0.987. The Balaban J connectivity index is 2.12. The summed E-state index contributed by atoms with van der Waals surface area (Å²) in [5.74, 6) is 6.63. The molecule has 3 rings (SSSR count). The quantitative estimate of drug-likeness (QED) is 0.322.